The monoisotopic (exact) mass is 861 g/mol. The van der Waals surface area contributed by atoms with Gasteiger partial charge in [-0.1, -0.05) is 190 Å². The van der Waals surface area contributed by atoms with Gasteiger partial charge in [0.1, 0.15) is 0 Å². The summed E-state index contributed by atoms with van der Waals surface area (Å²) in [5.74, 6) is 2.86. The predicted octanol–water partition coefficient (Wildman–Crippen LogP) is 17.5. The molecule has 0 aliphatic heterocycles. The summed E-state index contributed by atoms with van der Waals surface area (Å²) in [6.07, 6.45) is 56.2. The van der Waals surface area contributed by atoms with Gasteiger partial charge >= 0.3 is 0 Å². The minimum absolute atomic E-state index is 0.583. The Kier molecular flexibility index (Phi) is 17.7. The smallest absolute Gasteiger partial charge is 0.0891 e. The number of nitrogens with zero attached hydrogens (tertiary/aromatic N) is 2. The zero-order chi connectivity index (χ0) is 46.7. The SMILES string of the molecule is C#CC(=C)N(C(/C=C\C)=C/C)/C(C)=C(C/C=C\CC)/C(=C1/C=CC=CC1)c1cccc(N(C(/C=C\C)=C(/C=C)C2=CC=CCC=C2)c2ccc(C3=CCC=CC(c4ccccc4)=C3)cc2)c1. The van der Waals surface area contributed by atoms with Crippen molar-refractivity contribution in [2.45, 2.75) is 66.7 Å². The lowest BCUT2D eigenvalue weighted by molar-refractivity contribution is 0.560. The Bertz CT molecular complexity index is 2770. The van der Waals surface area contributed by atoms with Crippen LogP contribution in [0.25, 0.3) is 16.7 Å². The molecule has 0 saturated heterocycles. The lowest BCUT2D eigenvalue weighted by Crippen LogP contribution is -2.21. The molecule has 2 heteroatoms. The zero-order valence-electron chi connectivity index (χ0n) is 39.6. The molecule has 330 valence electrons. The Morgan fingerprint density at radius 3 is 2.24 bits per heavy atom. The van der Waals surface area contributed by atoms with Crippen LogP contribution in [0.15, 0.2) is 265 Å². The lowest BCUT2D eigenvalue weighted by Gasteiger charge is -2.31. The van der Waals surface area contributed by atoms with E-state index in [0.717, 1.165) is 76.4 Å². The van der Waals surface area contributed by atoms with Crippen molar-refractivity contribution in [3.63, 3.8) is 0 Å². The summed E-state index contributed by atoms with van der Waals surface area (Å²) >= 11 is 0. The highest BCUT2D eigenvalue weighted by molar-refractivity contribution is 5.90. The topological polar surface area (TPSA) is 6.48 Å². The quantitative estimate of drug-likeness (QED) is 0.0758. The second kappa shape index (κ2) is 24.5. The average Bonchev–Trinajstić information content (AvgIpc) is 3.79. The zero-order valence-corrected chi connectivity index (χ0v) is 39.6. The minimum Gasteiger partial charge on any atom is -0.310 e. The standard InChI is InChI=1S/C64H64N2/c1-9-15-20-42-62(50(8)65(49(7)12-4)58(13-5)30-10-2)64(54-36-25-19-26-37-54)57-40-29-41-60(48-57)66(63(31-11-3)61(14-6)53-34-21-16-17-22-35-53)59-45-43-52(44-46-59)56-39-28-27-38-55(47-56)51-32-23-18-24-33-51/h4,10-11,13-16,18-27,29-36,38-41,43-48H,6-7,9,17,28,37,42H2,1-3,5,8H3/b20-15-,30-10-,31-11-,58-13+,62-50+,63-61-,64-54-. The molecule has 3 aliphatic carbocycles. The molecule has 0 fully saturated rings. The van der Waals surface area contributed by atoms with Gasteiger partial charge in [-0.3, -0.25) is 0 Å². The van der Waals surface area contributed by atoms with E-state index in [4.69, 9.17) is 6.42 Å². The molecule has 0 heterocycles. The maximum absolute atomic E-state index is 6.15. The number of benzene rings is 3. The number of rotatable bonds is 17. The van der Waals surface area contributed by atoms with Gasteiger partial charge in [-0.2, -0.15) is 0 Å². The van der Waals surface area contributed by atoms with Crippen LogP contribution in [0, 0.1) is 12.3 Å². The summed E-state index contributed by atoms with van der Waals surface area (Å²) in [5, 5.41) is 0. The van der Waals surface area contributed by atoms with Gasteiger partial charge in [-0.05, 0) is 152 Å². The predicted molar refractivity (Wildman–Crippen MR) is 289 cm³/mol. The molecule has 0 amide bonds. The Morgan fingerprint density at radius 1 is 0.773 bits per heavy atom. The minimum atomic E-state index is 0.583. The van der Waals surface area contributed by atoms with Gasteiger partial charge in [0, 0.05) is 28.3 Å². The lowest BCUT2D eigenvalue weighted by atomic mass is 9.86. The van der Waals surface area contributed by atoms with Crippen molar-refractivity contribution in [1.82, 2.24) is 4.90 Å². The Labute approximate surface area is 396 Å². The number of hydrogen-bond acceptors (Lipinski definition) is 2. The maximum Gasteiger partial charge on any atom is 0.0891 e. The molecule has 3 aromatic carbocycles. The van der Waals surface area contributed by atoms with Gasteiger partial charge in [0.05, 0.1) is 11.4 Å². The second-order valence-electron chi connectivity index (χ2n) is 16.1. The van der Waals surface area contributed by atoms with E-state index in [-0.39, 0.29) is 0 Å². The first-order valence-corrected chi connectivity index (χ1v) is 23.2. The van der Waals surface area contributed by atoms with Crippen LogP contribution >= 0.6 is 0 Å². The summed E-state index contributed by atoms with van der Waals surface area (Å²) in [7, 11) is 0. The maximum atomic E-state index is 6.15. The van der Waals surface area contributed by atoms with Crippen LogP contribution in [0.3, 0.4) is 0 Å². The summed E-state index contributed by atoms with van der Waals surface area (Å²) in [6, 6.07) is 28.6. The van der Waals surface area contributed by atoms with Crippen molar-refractivity contribution in [3.05, 3.63) is 281 Å². The van der Waals surface area contributed by atoms with Gasteiger partial charge in [0.15, 0.2) is 0 Å². The fourth-order valence-corrected chi connectivity index (χ4v) is 8.55. The van der Waals surface area contributed by atoms with E-state index in [0.29, 0.717) is 12.1 Å². The first kappa shape index (κ1) is 47.9. The van der Waals surface area contributed by atoms with E-state index in [1.807, 2.05) is 26.0 Å². The summed E-state index contributed by atoms with van der Waals surface area (Å²) in [4.78, 5) is 4.50. The molecule has 2 nitrogen and oxygen atoms in total. The van der Waals surface area contributed by atoms with E-state index in [2.05, 4.69) is 244 Å². The molecular formula is C64H64N2. The fraction of sp³-hybridized carbons (Fsp3) is 0.156. The third-order valence-electron chi connectivity index (χ3n) is 11.7. The van der Waals surface area contributed by atoms with Gasteiger partial charge in [0.25, 0.3) is 0 Å². The third-order valence-corrected chi connectivity index (χ3v) is 11.7. The summed E-state index contributed by atoms with van der Waals surface area (Å²) in [5.41, 5.74) is 17.2. The number of hydrogen-bond donors (Lipinski definition) is 0. The number of anilines is 2. The van der Waals surface area contributed by atoms with Crippen molar-refractivity contribution in [3.8, 4) is 12.3 Å². The first-order chi connectivity index (χ1) is 32.4. The molecule has 0 N–H and O–H groups in total. The fourth-order valence-electron chi connectivity index (χ4n) is 8.55. The molecule has 0 saturated carbocycles. The van der Waals surface area contributed by atoms with Crippen molar-refractivity contribution >= 4 is 28.1 Å². The Morgan fingerprint density at radius 2 is 1.55 bits per heavy atom. The second-order valence-corrected chi connectivity index (χ2v) is 16.1. The Balaban J connectivity index is 1.61. The van der Waals surface area contributed by atoms with Crippen LogP contribution in [0.4, 0.5) is 11.4 Å². The van der Waals surface area contributed by atoms with E-state index >= 15 is 0 Å². The molecular weight excluding hydrogens is 797 g/mol. The van der Waals surface area contributed by atoms with E-state index in [1.54, 1.807) is 0 Å². The van der Waals surface area contributed by atoms with Gasteiger partial charge in [0.2, 0.25) is 0 Å². The van der Waals surface area contributed by atoms with Crippen LogP contribution in [-0.4, -0.2) is 4.90 Å². The molecule has 66 heavy (non-hydrogen) atoms. The van der Waals surface area contributed by atoms with Crippen molar-refractivity contribution in [2.24, 2.45) is 0 Å². The van der Waals surface area contributed by atoms with Crippen molar-refractivity contribution in [1.29, 1.82) is 0 Å². The van der Waals surface area contributed by atoms with E-state index < -0.39 is 0 Å². The number of terminal acetylenes is 1. The van der Waals surface area contributed by atoms with E-state index in [9.17, 15) is 0 Å². The molecule has 3 aromatic rings. The number of allylic oxidation sites excluding steroid dienone is 30. The highest BCUT2D eigenvalue weighted by Gasteiger charge is 2.24. The first-order valence-electron chi connectivity index (χ1n) is 23.2. The van der Waals surface area contributed by atoms with Crippen molar-refractivity contribution in [2.75, 3.05) is 4.90 Å². The highest BCUT2D eigenvalue weighted by atomic mass is 15.2. The Hall–Kier alpha value is -7.60. The van der Waals surface area contributed by atoms with Gasteiger partial charge < -0.3 is 9.80 Å². The average molecular weight is 861 g/mol. The normalized spacial score (nSPS) is 16.5. The largest absolute Gasteiger partial charge is 0.310 e. The summed E-state index contributed by atoms with van der Waals surface area (Å²) in [6.45, 7) is 19.3. The highest BCUT2D eigenvalue weighted by Crippen LogP contribution is 2.42. The van der Waals surface area contributed by atoms with Crippen LogP contribution in [0.1, 0.15) is 83.4 Å². The van der Waals surface area contributed by atoms with Crippen LogP contribution in [0.5, 0.6) is 0 Å². The van der Waals surface area contributed by atoms with E-state index in [1.165, 1.54) is 33.4 Å². The molecule has 6 rings (SSSR count). The van der Waals surface area contributed by atoms with Crippen molar-refractivity contribution < 1.29 is 0 Å². The molecule has 0 unspecified atom stereocenters. The van der Waals surface area contributed by atoms with Crippen LogP contribution in [-0.2, 0) is 0 Å². The molecule has 0 spiro atoms. The van der Waals surface area contributed by atoms with Crippen LogP contribution in [0.2, 0.25) is 0 Å². The van der Waals surface area contributed by atoms with Crippen LogP contribution < -0.4 is 4.90 Å². The summed E-state index contributed by atoms with van der Waals surface area (Å²) < 4.78 is 0. The molecule has 0 aromatic heterocycles. The third kappa shape index (κ3) is 11.7. The van der Waals surface area contributed by atoms with Gasteiger partial charge in [-0.25, -0.2) is 0 Å². The van der Waals surface area contributed by atoms with Gasteiger partial charge in [-0.15, -0.1) is 6.42 Å². The molecule has 0 bridgehead atoms. The molecule has 0 radical (unpaired) electrons. The molecule has 0 atom stereocenters. The molecule has 3 aliphatic rings.